The van der Waals surface area contributed by atoms with Gasteiger partial charge in [-0.15, -0.1) is 0 Å². The van der Waals surface area contributed by atoms with E-state index in [1.54, 1.807) is 24.4 Å². The summed E-state index contributed by atoms with van der Waals surface area (Å²) in [4.78, 5) is 18.8. The van der Waals surface area contributed by atoms with Crippen LogP contribution in [-0.4, -0.2) is 58.8 Å². The van der Waals surface area contributed by atoms with Crippen molar-refractivity contribution in [1.29, 1.82) is 0 Å². The number of hydrogen-bond acceptors (Lipinski definition) is 7. The molecular formula is C23H24ClFN6O2. The van der Waals surface area contributed by atoms with Gasteiger partial charge in [-0.2, -0.15) is 10.2 Å². The molecule has 8 nitrogen and oxygen atoms in total. The molecule has 0 saturated carbocycles. The summed E-state index contributed by atoms with van der Waals surface area (Å²) in [6.07, 6.45) is 4.31. The summed E-state index contributed by atoms with van der Waals surface area (Å²) >= 11 is 5.99. The number of aromatic nitrogens is 3. The second-order valence-electron chi connectivity index (χ2n) is 7.61. The van der Waals surface area contributed by atoms with Gasteiger partial charge in [-0.3, -0.25) is 9.69 Å². The number of halogens is 2. The van der Waals surface area contributed by atoms with Crippen LogP contribution in [0, 0.1) is 5.82 Å². The Hall–Kier alpha value is -3.14. The first-order valence-electron chi connectivity index (χ1n) is 10.7. The van der Waals surface area contributed by atoms with E-state index >= 15 is 0 Å². The number of carbonyl (C=O) groups excluding carboxylic acids is 1. The molecule has 1 amide bonds. The predicted molar refractivity (Wildman–Crippen MR) is 125 cm³/mol. The van der Waals surface area contributed by atoms with Crippen LogP contribution >= 0.6 is 11.6 Å². The highest BCUT2D eigenvalue weighted by atomic mass is 35.5. The largest absolute Gasteiger partial charge is 0.379 e. The van der Waals surface area contributed by atoms with Gasteiger partial charge in [0.05, 0.1) is 30.8 Å². The number of hydrogen-bond donors (Lipinski definition) is 2. The highest BCUT2D eigenvalue weighted by Crippen LogP contribution is 2.27. The summed E-state index contributed by atoms with van der Waals surface area (Å²) in [6, 6.07) is 9.42. The van der Waals surface area contributed by atoms with Crippen LogP contribution < -0.4 is 10.6 Å². The average Bonchev–Trinajstić information content (AvgIpc) is 2.82. The molecule has 0 spiro atoms. The van der Waals surface area contributed by atoms with Gasteiger partial charge in [-0.05, 0) is 43.3 Å². The van der Waals surface area contributed by atoms with Crippen molar-refractivity contribution < 1.29 is 13.9 Å². The Bertz CT molecular complexity index is 1110. The number of ether oxygens (including phenoxy) is 1. The van der Waals surface area contributed by atoms with Crippen LogP contribution in [0.25, 0.3) is 11.3 Å². The van der Waals surface area contributed by atoms with Gasteiger partial charge in [0, 0.05) is 48.0 Å². The molecule has 0 bridgehead atoms. The molecule has 33 heavy (non-hydrogen) atoms. The molecule has 3 aromatic rings. The average molecular weight is 471 g/mol. The van der Waals surface area contributed by atoms with Gasteiger partial charge in [-0.25, -0.2) is 9.37 Å². The summed E-state index contributed by atoms with van der Waals surface area (Å²) in [7, 11) is 0. The third kappa shape index (κ3) is 6.67. The molecule has 0 atom stereocenters. The first kappa shape index (κ1) is 23.0. The first-order valence-corrected chi connectivity index (χ1v) is 11.1. The highest BCUT2D eigenvalue weighted by molar-refractivity contribution is 6.30. The maximum absolute atomic E-state index is 14.2. The van der Waals surface area contributed by atoms with Crippen LogP contribution in [0.15, 0.2) is 48.8 Å². The lowest BCUT2D eigenvalue weighted by atomic mass is 10.1. The van der Waals surface area contributed by atoms with Gasteiger partial charge in [0.2, 0.25) is 5.91 Å². The van der Waals surface area contributed by atoms with Gasteiger partial charge in [-0.1, -0.05) is 11.6 Å². The Morgan fingerprint density at radius 1 is 1.15 bits per heavy atom. The number of nitrogens with one attached hydrogen (secondary N) is 2. The zero-order valence-electron chi connectivity index (χ0n) is 17.9. The zero-order chi connectivity index (χ0) is 23.0. The van der Waals surface area contributed by atoms with Crippen LogP contribution in [0.2, 0.25) is 5.02 Å². The molecule has 172 valence electrons. The number of pyridine rings is 1. The topological polar surface area (TPSA) is 92.3 Å². The number of amides is 1. The van der Waals surface area contributed by atoms with E-state index in [2.05, 4.69) is 30.7 Å². The Labute approximate surface area is 196 Å². The fourth-order valence-corrected chi connectivity index (χ4v) is 3.67. The molecule has 1 fully saturated rings. The minimum Gasteiger partial charge on any atom is -0.379 e. The molecule has 10 heteroatoms. The van der Waals surface area contributed by atoms with Crippen molar-refractivity contribution in [2.75, 3.05) is 43.5 Å². The van der Waals surface area contributed by atoms with E-state index in [1.165, 1.54) is 24.4 Å². The van der Waals surface area contributed by atoms with Crippen molar-refractivity contribution in [2.24, 2.45) is 0 Å². The zero-order valence-corrected chi connectivity index (χ0v) is 18.7. The van der Waals surface area contributed by atoms with Crippen molar-refractivity contribution >= 4 is 34.7 Å². The molecule has 2 N–H and O–H groups in total. The third-order valence-electron chi connectivity index (χ3n) is 5.16. The molecule has 0 unspecified atom stereocenters. The molecule has 1 saturated heterocycles. The smallest absolute Gasteiger partial charge is 0.225 e. The van der Waals surface area contributed by atoms with Crippen LogP contribution in [0.1, 0.15) is 12.8 Å². The Morgan fingerprint density at radius 3 is 2.85 bits per heavy atom. The van der Waals surface area contributed by atoms with E-state index in [9.17, 15) is 9.18 Å². The monoisotopic (exact) mass is 470 g/mol. The normalized spacial score (nSPS) is 14.1. The SMILES string of the molecule is O=C(CCCN1CCOCC1)Nc1cc(Nc2cnnc(-c3cc(Cl)ccc3F)c2)ccn1. The van der Waals surface area contributed by atoms with Gasteiger partial charge >= 0.3 is 0 Å². The summed E-state index contributed by atoms with van der Waals surface area (Å²) in [6.45, 7) is 4.19. The Morgan fingerprint density at radius 2 is 2.00 bits per heavy atom. The van der Waals surface area contributed by atoms with Crippen molar-refractivity contribution in [3.8, 4) is 11.3 Å². The molecule has 1 aliphatic heterocycles. The minimum atomic E-state index is -0.437. The fraction of sp³-hybridized carbons (Fsp3) is 0.304. The Kier molecular flexibility index (Phi) is 7.77. The van der Waals surface area contributed by atoms with Gasteiger partial charge in [0.25, 0.3) is 0 Å². The number of carbonyl (C=O) groups is 1. The predicted octanol–water partition coefficient (Wildman–Crippen LogP) is 4.13. The number of benzene rings is 1. The van der Waals surface area contributed by atoms with Crippen LogP contribution in [0.5, 0.6) is 0 Å². The second kappa shape index (κ2) is 11.1. The molecule has 3 heterocycles. The number of anilines is 3. The Balaban J connectivity index is 1.35. The van der Waals surface area contributed by atoms with E-state index in [-0.39, 0.29) is 11.5 Å². The van der Waals surface area contributed by atoms with Gasteiger partial charge in [0.1, 0.15) is 11.6 Å². The third-order valence-corrected chi connectivity index (χ3v) is 5.39. The summed E-state index contributed by atoms with van der Waals surface area (Å²) in [5.74, 6) is -0.0786. The maximum Gasteiger partial charge on any atom is 0.225 e. The fourth-order valence-electron chi connectivity index (χ4n) is 3.50. The highest BCUT2D eigenvalue weighted by Gasteiger charge is 2.12. The lowest BCUT2D eigenvalue weighted by Gasteiger charge is -2.26. The number of nitrogens with zero attached hydrogens (tertiary/aromatic N) is 4. The van der Waals surface area contributed by atoms with Crippen molar-refractivity contribution in [3.63, 3.8) is 0 Å². The summed E-state index contributed by atoms with van der Waals surface area (Å²) in [5.41, 5.74) is 1.91. The van der Waals surface area contributed by atoms with Crippen molar-refractivity contribution in [3.05, 3.63) is 59.6 Å². The molecule has 2 aromatic heterocycles. The number of morpholine rings is 1. The molecule has 1 aromatic carbocycles. The molecule has 1 aliphatic rings. The second-order valence-corrected chi connectivity index (χ2v) is 8.05. The molecular weight excluding hydrogens is 447 g/mol. The quantitative estimate of drug-likeness (QED) is 0.511. The molecule has 4 rings (SSSR count). The standard InChI is InChI=1S/C23H24ClFN6O2/c24-16-3-4-20(25)19(12-16)21-13-18(15-27-30-21)28-17-5-6-26-22(14-17)29-23(32)2-1-7-31-8-10-33-11-9-31/h3-6,12-15H,1-2,7-11H2,(H2,26,28,29,30,32). The van der Waals surface area contributed by atoms with E-state index in [4.69, 9.17) is 16.3 Å². The van der Waals surface area contributed by atoms with Crippen LogP contribution in [0.3, 0.4) is 0 Å². The van der Waals surface area contributed by atoms with E-state index in [0.29, 0.717) is 34.3 Å². The number of rotatable bonds is 8. The first-order chi connectivity index (χ1) is 16.1. The van der Waals surface area contributed by atoms with E-state index < -0.39 is 5.82 Å². The van der Waals surface area contributed by atoms with Crippen molar-refractivity contribution in [1.82, 2.24) is 20.1 Å². The maximum atomic E-state index is 14.2. The molecule has 0 radical (unpaired) electrons. The van der Waals surface area contributed by atoms with Crippen LogP contribution in [0.4, 0.5) is 21.6 Å². The van der Waals surface area contributed by atoms with Crippen molar-refractivity contribution in [2.45, 2.75) is 12.8 Å². The van der Waals surface area contributed by atoms with E-state index in [1.807, 2.05) is 0 Å². The van der Waals surface area contributed by atoms with Gasteiger partial charge in [0.15, 0.2) is 0 Å². The lowest BCUT2D eigenvalue weighted by molar-refractivity contribution is -0.116. The summed E-state index contributed by atoms with van der Waals surface area (Å²) < 4.78 is 19.5. The summed E-state index contributed by atoms with van der Waals surface area (Å²) in [5, 5.41) is 14.4. The molecule has 0 aliphatic carbocycles. The lowest BCUT2D eigenvalue weighted by Crippen LogP contribution is -2.37. The van der Waals surface area contributed by atoms with E-state index in [0.717, 1.165) is 39.3 Å². The van der Waals surface area contributed by atoms with Crippen LogP contribution in [-0.2, 0) is 9.53 Å². The van der Waals surface area contributed by atoms with Gasteiger partial charge < -0.3 is 15.4 Å². The minimum absolute atomic E-state index is 0.0859.